The van der Waals surface area contributed by atoms with Gasteiger partial charge in [0.05, 0.1) is 0 Å². The van der Waals surface area contributed by atoms with Gasteiger partial charge in [-0.15, -0.1) is 0 Å². The molecular weight excluding hydrogens is 318 g/mol. The van der Waals surface area contributed by atoms with E-state index in [-0.39, 0.29) is 66.8 Å². The predicted octanol–water partition coefficient (Wildman–Crippen LogP) is 16.0. The minimum absolute atomic E-state index is 0. The van der Waals surface area contributed by atoms with Crippen molar-refractivity contribution in [2.75, 3.05) is 19.6 Å². The molecule has 0 spiro atoms. The van der Waals surface area contributed by atoms with Crippen molar-refractivity contribution in [3.8, 4) is 11.5 Å². The fraction of sp³-hybridized carbons (Fsp3) is 0.429. The number of likely N-dealkylation sites (tertiary alicyclic amines) is 1. The van der Waals surface area contributed by atoms with Crippen molar-refractivity contribution in [3.05, 3.63) is 57.6 Å². The number of ether oxygens (including phenoxy) is 1. The van der Waals surface area contributed by atoms with E-state index in [0.717, 1.165) is 36.2 Å². The molecule has 2 aromatic rings. The number of nitrogens with zero attached hydrogens (tertiary/aromatic N) is 1. The van der Waals surface area contributed by atoms with Gasteiger partial charge in [0, 0.05) is 102 Å². The molecule has 4 rings (SSSR count). The van der Waals surface area contributed by atoms with Gasteiger partial charge in [-0.2, -0.15) is 0 Å². The van der Waals surface area contributed by atoms with Crippen molar-refractivity contribution < 1.29 is 66.1 Å². The van der Waals surface area contributed by atoms with Crippen LogP contribution >= 0.6 is 11.6 Å². The van der Waals surface area contributed by atoms with E-state index in [0.29, 0.717) is 5.92 Å². The summed E-state index contributed by atoms with van der Waals surface area (Å²) in [7, 11) is 0. The average Bonchev–Trinajstić information content (AvgIpc) is 2.86. The van der Waals surface area contributed by atoms with Crippen molar-refractivity contribution in [2.45, 2.75) is 39.0 Å². The van der Waals surface area contributed by atoms with E-state index in [1.165, 1.54) is 22.3 Å². The third-order valence-electron chi connectivity index (χ3n) is 5.99. The molecule has 2 heterocycles. The highest BCUT2D eigenvalue weighted by Crippen LogP contribution is 2.54. The molecule has 3 heteroatoms. The Hall–Kier alpha value is -1.51. The van der Waals surface area contributed by atoms with Crippen molar-refractivity contribution in [1.82, 2.24) is 4.90 Å². The Morgan fingerprint density at radius 2 is 1.96 bits per heavy atom. The number of benzene rings is 2. The van der Waals surface area contributed by atoms with Crippen molar-refractivity contribution >= 4 is 11.6 Å². The Bertz CT molecular complexity index is 879. The first-order chi connectivity index (χ1) is 11.4. The van der Waals surface area contributed by atoms with Gasteiger partial charge in [-0.25, -0.2) is 0 Å². The molecule has 0 aliphatic carbocycles. The van der Waals surface area contributed by atoms with Crippen LogP contribution in [0.2, 0.25) is 5.02 Å². The van der Waals surface area contributed by atoms with E-state index in [1.807, 2.05) is 12.1 Å². The third kappa shape index (κ3) is 2.28. The van der Waals surface area contributed by atoms with Crippen LogP contribution in [0.15, 0.2) is 30.3 Å². The van der Waals surface area contributed by atoms with Gasteiger partial charge in [-0.3, -0.25) is 0 Å². The molecule has 0 unspecified atom stereocenters. The number of hydrogen-bond donors (Lipinski definition) is 0. The highest BCUT2D eigenvalue weighted by molar-refractivity contribution is 6.30. The van der Waals surface area contributed by atoms with Crippen LogP contribution in [0.3, 0.4) is 0 Å². The fourth-order valence-electron chi connectivity index (χ4n) is 4.38. The second-order valence-corrected chi connectivity index (χ2v) is 7.95. The number of likely N-dealkylation sites (N-methyl/N-ethyl adjacent to an activating group) is 1. The summed E-state index contributed by atoms with van der Waals surface area (Å²) < 4.78 is 6.39. The van der Waals surface area contributed by atoms with E-state index in [4.69, 9.17) is 16.3 Å². The monoisotopic (exact) mass is 428 g/mol. The number of fused-ring (bicyclic) bond motifs is 5. The number of aryl methyl sites for hydroxylation is 2. The van der Waals surface area contributed by atoms with Gasteiger partial charge in [-0.05, 0) is 55.8 Å². The highest BCUT2D eigenvalue weighted by Gasteiger charge is 2.48. The first kappa shape index (κ1) is 16.0. The van der Waals surface area contributed by atoms with E-state index in [2.05, 4.69) is 50.8 Å². The van der Waals surface area contributed by atoms with Gasteiger partial charge in [-0.1, -0.05) is 31.5 Å². The van der Waals surface area contributed by atoms with Crippen molar-refractivity contribution in [1.29, 1.82) is 0 Å². The second kappa shape index (κ2) is 5.50. The number of halogens is 1. The molecule has 2 atom stereocenters. The topological polar surface area (TPSA) is 12.5 Å². The van der Waals surface area contributed by atoms with Crippen molar-refractivity contribution in [2.24, 2.45) is 0 Å². The lowest BCUT2D eigenvalue weighted by Crippen LogP contribution is -2.31. The largest absolute Gasteiger partial charge is 0.457 e. The lowest BCUT2D eigenvalue weighted by atomic mass is 9.71. The summed E-state index contributed by atoms with van der Waals surface area (Å²) in [4.78, 5) is 2.54. The zero-order valence-corrected chi connectivity index (χ0v) is 15.6. The molecule has 2 aliphatic heterocycles. The van der Waals surface area contributed by atoms with E-state index in [9.17, 15) is 0 Å². The first-order valence-electron chi connectivity index (χ1n) is 8.73. The summed E-state index contributed by atoms with van der Waals surface area (Å²) >= 11 is 6.33. The summed E-state index contributed by atoms with van der Waals surface area (Å²) in [5.41, 5.74) is 5.22. The third-order valence-corrected chi connectivity index (χ3v) is 6.22. The van der Waals surface area contributed by atoms with Crippen molar-refractivity contribution in [3.63, 3.8) is 0 Å². The zero-order valence-electron chi connectivity index (χ0n) is 14.8. The first-order valence-corrected chi connectivity index (χ1v) is 9.11. The summed E-state index contributed by atoms with van der Waals surface area (Å²) in [5.74, 6) is 2.36. The predicted molar refractivity (Wildman–Crippen MR) is 191 cm³/mol. The van der Waals surface area contributed by atoms with Gasteiger partial charge >= 0.3 is 0 Å². The standard InChI is InChI=1S/C21H24ClNO.43H2/c1-5-23-11-18-16-10-15(22)6-7-19(16)24-20-9-14(3)13(2)8-17(20)21(18,4)12-23;;;;;;;;;;;;;;;;;;;;;;;;;;;;;;;;;;;;;;;;;;;/h6-10,18H,5,11-12H2,1-4H3;43*1H/t18-,21-;;;;;;;;;;;;;;;;;;;;;;;;;;;;;;;;;;;;;;;;;;;/m0.........................................../s1. The second-order valence-electron chi connectivity index (χ2n) is 7.51. The molecule has 2 aromatic carbocycles. The molecular formula is C21H110ClNO. The molecule has 24 heavy (non-hydrogen) atoms. The molecule has 2 nitrogen and oxygen atoms in total. The van der Waals surface area contributed by atoms with Gasteiger partial charge < -0.3 is 9.64 Å². The molecule has 0 saturated carbocycles. The highest BCUT2D eigenvalue weighted by atomic mass is 35.5. The smallest absolute Gasteiger partial charge is 0.131 e. The quantitative estimate of drug-likeness (QED) is 0.448. The molecule has 2 aliphatic rings. The summed E-state index contributed by atoms with van der Waals surface area (Å²) in [6.07, 6.45) is 0. The molecule has 0 bridgehead atoms. The fourth-order valence-corrected chi connectivity index (χ4v) is 4.56. The Morgan fingerprint density at radius 3 is 2.71 bits per heavy atom. The summed E-state index contributed by atoms with van der Waals surface area (Å²) in [6.45, 7) is 12.2. The van der Waals surface area contributed by atoms with Gasteiger partial charge in [0.25, 0.3) is 0 Å². The van der Waals surface area contributed by atoms with Crippen LogP contribution in [0, 0.1) is 13.8 Å². The number of hydrogen-bond acceptors (Lipinski definition) is 2. The molecule has 1 saturated heterocycles. The van der Waals surface area contributed by atoms with Crippen LogP contribution in [0.4, 0.5) is 0 Å². The van der Waals surface area contributed by atoms with Gasteiger partial charge in [0.15, 0.2) is 0 Å². The van der Waals surface area contributed by atoms with Gasteiger partial charge in [0.1, 0.15) is 11.5 Å². The number of rotatable bonds is 1. The molecule has 0 amide bonds. The summed E-state index contributed by atoms with van der Waals surface area (Å²) in [5, 5.41) is 0.785. The molecule has 0 N–H and O–H groups in total. The Labute approximate surface area is 213 Å². The lowest BCUT2D eigenvalue weighted by Gasteiger charge is -2.31. The van der Waals surface area contributed by atoms with Crippen LogP contribution in [-0.2, 0) is 5.41 Å². The Morgan fingerprint density at radius 1 is 1.21 bits per heavy atom. The van der Waals surface area contributed by atoms with Gasteiger partial charge in [0.2, 0.25) is 0 Å². The van der Waals surface area contributed by atoms with Crippen LogP contribution in [0.25, 0.3) is 0 Å². The molecule has 1 fully saturated rings. The SMILES string of the molecule is CCN1C[C@H]2c3cc(Cl)ccc3Oc3cc(C)c(C)cc3[C@]2(C)C1.[HH].[HH].[HH].[HH].[HH].[HH].[HH].[HH].[HH].[HH].[HH].[HH].[HH].[HH].[HH].[HH].[HH].[HH].[HH].[HH].[HH].[HH].[HH].[HH].[HH].[HH].[HH].[HH].[HH].[HH].[HH].[HH].[HH].[HH].[HH].[HH].[HH].[HH].[HH].[HH].[HH].[HH].[HH]. The lowest BCUT2D eigenvalue weighted by molar-refractivity contribution is 0.330. The minimum Gasteiger partial charge on any atom is -0.457 e. The maximum atomic E-state index is 6.39. The minimum atomic E-state index is 0. The normalized spacial score (nSPS) is 25.5. The van der Waals surface area contributed by atoms with Crippen LogP contribution in [0.5, 0.6) is 11.5 Å². The van der Waals surface area contributed by atoms with Crippen LogP contribution in [0.1, 0.15) is 103 Å². The average molecular weight is 429 g/mol. The molecule has 0 radical (unpaired) electrons. The van der Waals surface area contributed by atoms with Crippen LogP contribution < -0.4 is 4.74 Å². The van der Waals surface area contributed by atoms with E-state index < -0.39 is 0 Å². The zero-order chi connectivity index (χ0) is 17.1. The maximum absolute atomic E-state index is 6.39. The van der Waals surface area contributed by atoms with E-state index >= 15 is 0 Å². The molecule has 212 valence electrons. The Balaban J connectivity index is -0.00000000446. The molecule has 0 aromatic heterocycles. The maximum Gasteiger partial charge on any atom is 0.131 e. The van der Waals surface area contributed by atoms with E-state index in [1.54, 1.807) is 0 Å². The summed E-state index contributed by atoms with van der Waals surface area (Å²) in [6, 6.07) is 10.6. The van der Waals surface area contributed by atoms with Crippen LogP contribution in [-0.4, -0.2) is 24.5 Å². The Kier molecular flexibility index (Phi) is 3.67.